The van der Waals surface area contributed by atoms with Gasteiger partial charge in [0, 0.05) is 32.1 Å². The number of hydrogen-bond acceptors (Lipinski definition) is 8. The minimum absolute atomic E-state index is 0.00247. The molecule has 3 aromatic rings. The molecule has 3 N–H and O–H groups in total. The smallest absolute Gasteiger partial charge is 0.264 e. The molecule has 30 heavy (non-hydrogen) atoms. The number of carbonyl (C=O) groups excluding carboxylic acids is 1. The van der Waals surface area contributed by atoms with E-state index >= 15 is 0 Å². The summed E-state index contributed by atoms with van der Waals surface area (Å²) in [6.07, 6.45) is 1.14. The normalized spacial score (nSPS) is 19.7. The Morgan fingerprint density at radius 2 is 2.00 bits per heavy atom. The molecule has 156 valence electrons. The van der Waals surface area contributed by atoms with Crippen LogP contribution in [0.3, 0.4) is 0 Å². The molecule has 1 amide bonds. The standard InChI is InChI=1S/C20H22N6O3S/c27-15-6-5-12(11-21-15)22-17-16(19-23-13-3-1-2-4-14(13)30-19)18(28)25-20(24-17)26-7-9-29-10-8-26/h1-4,12H,5-11H2,(H,21,27)(H2,22,24,25,28)/t12-/m1/s1. The van der Waals surface area contributed by atoms with E-state index in [0.717, 1.165) is 10.2 Å². The summed E-state index contributed by atoms with van der Waals surface area (Å²) in [6.45, 7) is 3.03. The summed E-state index contributed by atoms with van der Waals surface area (Å²) in [7, 11) is 0. The summed E-state index contributed by atoms with van der Waals surface area (Å²) in [5, 5.41) is 6.89. The number of carbonyl (C=O) groups is 1. The number of benzene rings is 1. The molecule has 2 aromatic heterocycles. The summed E-state index contributed by atoms with van der Waals surface area (Å²) in [6, 6.07) is 7.81. The predicted molar refractivity (Wildman–Crippen MR) is 116 cm³/mol. The number of nitrogens with zero attached hydrogens (tertiary/aromatic N) is 3. The average Bonchev–Trinajstić information content (AvgIpc) is 3.19. The predicted octanol–water partition coefficient (Wildman–Crippen LogP) is 1.57. The van der Waals surface area contributed by atoms with Crippen LogP contribution in [0, 0.1) is 0 Å². The number of nitrogens with one attached hydrogen (secondary N) is 3. The Bertz CT molecular complexity index is 1090. The van der Waals surface area contributed by atoms with Crippen molar-refractivity contribution in [1.82, 2.24) is 20.3 Å². The minimum Gasteiger partial charge on any atom is -0.378 e. The lowest BCUT2D eigenvalue weighted by molar-refractivity contribution is -0.122. The van der Waals surface area contributed by atoms with Crippen molar-refractivity contribution in [2.75, 3.05) is 43.1 Å². The largest absolute Gasteiger partial charge is 0.378 e. The number of hydrogen-bond donors (Lipinski definition) is 3. The summed E-state index contributed by atoms with van der Waals surface area (Å²) in [4.78, 5) is 39.1. The number of piperidine rings is 1. The zero-order valence-corrected chi connectivity index (χ0v) is 17.1. The number of para-hydroxylation sites is 1. The molecule has 10 heteroatoms. The lowest BCUT2D eigenvalue weighted by Gasteiger charge is -2.29. The second-order valence-corrected chi connectivity index (χ2v) is 8.41. The first kappa shape index (κ1) is 19.0. The quantitative estimate of drug-likeness (QED) is 0.581. The van der Waals surface area contributed by atoms with Crippen molar-refractivity contribution in [3.63, 3.8) is 0 Å². The number of aromatic amines is 1. The van der Waals surface area contributed by atoms with Crippen molar-refractivity contribution in [2.24, 2.45) is 0 Å². The first-order chi connectivity index (χ1) is 14.7. The third-order valence-electron chi connectivity index (χ3n) is 5.33. The molecule has 9 nitrogen and oxygen atoms in total. The van der Waals surface area contributed by atoms with Crippen LogP contribution in [0.4, 0.5) is 11.8 Å². The maximum atomic E-state index is 13.2. The number of anilines is 2. The molecule has 1 atom stereocenters. The summed E-state index contributed by atoms with van der Waals surface area (Å²) in [5.41, 5.74) is 1.06. The van der Waals surface area contributed by atoms with E-state index in [-0.39, 0.29) is 17.5 Å². The molecule has 0 radical (unpaired) electrons. The van der Waals surface area contributed by atoms with E-state index in [0.29, 0.717) is 68.0 Å². The van der Waals surface area contributed by atoms with E-state index in [1.807, 2.05) is 29.2 Å². The zero-order valence-electron chi connectivity index (χ0n) is 16.3. The molecule has 2 saturated heterocycles. The van der Waals surface area contributed by atoms with Crippen LogP contribution in [-0.2, 0) is 9.53 Å². The third kappa shape index (κ3) is 3.75. The number of thiazole rings is 1. The number of fused-ring (bicyclic) bond motifs is 1. The Kier molecular flexibility index (Phi) is 5.09. The highest BCUT2D eigenvalue weighted by Crippen LogP contribution is 2.32. The molecule has 4 heterocycles. The van der Waals surface area contributed by atoms with E-state index in [1.54, 1.807) is 0 Å². The van der Waals surface area contributed by atoms with Gasteiger partial charge in [0.25, 0.3) is 5.56 Å². The van der Waals surface area contributed by atoms with Gasteiger partial charge in [-0.1, -0.05) is 12.1 Å². The number of aromatic nitrogens is 3. The number of amides is 1. The van der Waals surface area contributed by atoms with Crippen LogP contribution < -0.4 is 21.1 Å². The maximum absolute atomic E-state index is 13.2. The molecule has 2 aliphatic heterocycles. The molecule has 0 aliphatic carbocycles. The summed E-state index contributed by atoms with van der Waals surface area (Å²) in [5.74, 6) is 1.07. The molecule has 0 spiro atoms. The van der Waals surface area contributed by atoms with Crippen molar-refractivity contribution < 1.29 is 9.53 Å². The van der Waals surface area contributed by atoms with Crippen LogP contribution in [0.5, 0.6) is 0 Å². The Morgan fingerprint density at radius 1 is 1.17 bits per heavy atom. The highest BCUT2D eigenvalue weighted by molar-refractivity contribution is 7.21. The summed E-state index contributed by atoms with van der Waals surface area (Å²) >= 11 is 1.47. The Morgan fingerprint density at radius 3 is 2.77 bits per heavy atom. The van der Waals surface area contributed by atoms with Gasteiger partial charge in [0.15, 0.2) is 0 Å². The molecule has 0 saturated carbocycles. The molecule has 0 bridgehead atoms. The van der Waals surface area contributed by atoms with E-state index in [1.165, 1.54) is 11.3 Å². The average molecular weight is 427 g/mol. The molecule has 1 aromatic carbocycles. The van der Waals surface area contributed by atoms with Crippen LogP contribution in [0.1, 0.15) is 12.8 Å². The van der Waals surface area contributed by atoms with Gasteiger partial charge in [0.2, 0.25) is 11.9 Å². The second kappa shape index (κ2) is 8.04. The van der Waals surface area contributed by atoms with Crippen molar-refractivity contribution in [3.05, 3.63) is 34.6 Å². The van der Waals surface area contributed by atoms with E-state index < -0.39 is 0 Å². The zero-order chi connectivity index (χ0) is 20.5. The van der Waals surface area contributed by atoms with Gasteiger partial charge in [-0.15, -0.1) is 11.3 Å². The first-order valence-corrected chi connectivity index (χ1v) is 10.9. The van der Waals surface area contributed by atoms with Crippen molar-refractivity contribution >= 4 is 39.2 Å². The van der Waals surface area contributed by atoms with Gasteiger partial charge in [-0.05, 0) is 18.6 Å². The molecule has 2 aliphatic rings. The third-order valence-corrected chi connectivity index (χ3v) is 6.39. The SMILES string of the molecule is O=C1CC[C@@H](Nc2nc(N3CCOCC3)[nH]c(=O)c2-c2nc3ccccc3s2)CN1. The highest BCUT2D eigenvalue weighted by atomic mass is 32.1. The second-order valence-electron chi connectivity index (χ2n) is 7.38. The highest BCUT2D eigenvalue weighted by Gasteiger charge is 2.24. The fraction of sp³-hybridized carbons (Fsp3) is 0.400. The fourth-order valence-electron chi connectivity index (χ4n) is 3.72. The van der Waals surface area contributed by atoms with Crippen molar-refractivity contribution in [3.8, 4) is 10.6 Å². The van der Waals surface area contributed by atoms with Crippen molar-refractivity contribution in [1.29, 1.82) is 0 Å². The van der Waals surface area contributed by atoms with Crippen LogP contribution in [0.25, 0.3) is 20.8 Å². The Balaban J connectivity index is 1.56. The molecular weight excluding hydrogens is 404 g/mol. The van der Waals surface area contributed by atoms with Gasteiger partial charge in [-0.2, -0.15) is 4.98 Å². The minimum atomic E-state index is -0.229. The van der Waals surface area contributed by atoms with Crippen LogP contribution in [-0.4, -0.2) is 59.7 Å². The molecular formula is C20H22N6O3S. The molecule has 0 unspecified atom stereocenters. The van der Waals surface area contributed by atoms with Crippen LogP contribution in [0.2, 0.25) is 0 Å². The number of rotatable bonds is 4. The van der Waals surface area contributed by atoms with E-state index in [2.05, 4.69) is 20.6 Å². The Hall–Kier alpha value is -2.98. The van der Waals surface area contributed by atoms with Crippen LogP contribution >= 0.6 is 11.3 Å². The summed E-state index contributed by atoms with van der Waals surface area (Å²) < 4.78 is 6.43. The van der Waals surface area contributed by atoms with Crippen LogP contribution in [0.15, 0.2) is 29.1 Å². The van der Waals surface area contributed by atoms with Gasteiger partial charge < -0.3 is 20.3 Å². The van der Waals surface area contributed by atoms with Crippen molar-refractivity contribution in [2.45, 2.75) is 18.9 Å². The first-order valence-electron chi connectivity index (χ1n) is 10.0. The lowest BCUT2D eigenvalue weighted by Crippen LogP contribution is -2.43. The van der Waals surface area contributed by atoms with Gasteiger partial charge >= 0.3 is 0 Å². The fourth-order valence-corrected chi connectivity index (χ4v) is 4.73. The topological polar surface area (TPSA) is 112 Å². The maximum Gasteiger partial charge on any atom is 0.264 e. The molecule has 2 fully saturated rings. The van der Waals surface area contributed by atoms with E-state index in [4.69, 9.17) is 9.72 Å². The number of H-pyrrole nitrogens is 1. The Labute approximate surface area is 176 Å². The number of morpholine rings is 1. The number of ether oxygens (including phenoxy) is 1. The van der Waals surface area contributed by atoms with Gasteiger partial charge in [0.1, 0.15) is 16.4 Å². The van der Waals surface area contributed by atoms with E-state index in [9.17, 15) is 9.59 Å². The van der Waals surface area contributed by atoms with Gasteiger partial charge in [-0.3, -0.25) is 14.6 Å². The van der Waals surface area contributed by atoms with Gasteiger partial charge in [-0.25, -0.2) is 4.98 Å². The monoisotopic (exact) mass is 426 g/mol. The lowest BCUT2D eigenvalue weighted by atomic mass is 10.1. The molecule has 5 rings (SSSR count). The van der Waals surface area contributed by atoms with Gasteiger partial charge in [0.05, 0.1) is 23.4 Å².